The number of fused-ring (bicyclic) bond motifs is 2. The highest BCUT2D eigenvalue weighted by Gasteiger charge is 2.60. The fraction of sp³-hybridized carbons (Fsp3) is 0.941. The lowest BCUT2D eigenvalue weighted by atomic mass is 9.64. The molecule has 3 unspecified atom stereocenters. The fourth-order valence-electron chi connectivity index (χ4n) is 4.91. The minimum absolute atomic E-state index is 0. The lowest BCUT2D eigenvalue weighted by Crippen LogP contribution is -2.61. The number of likely N-dealkylation sites (N-methyl/N-ethyl adjacent to an activating group) is 1. The van der Waals surface area contributed by atoms with Crippen molar-refractivity contribution in [2.45, 2.75) is 45.6 Å². The number of rotatable bonds is 3. The summed E-state index contributed by atoms with van der Waals surface area (Å²) in [5.41, 5.74) is 0.216. The average molecular weight is 330 g/mol. The first kappa shape index (κ1) is 18.0. The third kappa shape index (κ3) is 2.90. The number of halogens is 1. The summed E-state index contributed by atoms with van der Waals surface area (Å²) < 4.78 is 0. The van der Waals surface area contributed by atoms with Crippen molar-refractivity contribution in [1.29, 1.82) is 0 Å². The Kier molecular flexibility index (Phi) is 5.15. The van der Waals surface area contributed by atoms with Crippen molar-refractivity contribution in [1.82, 2.24) is 15.1 Å². The van der Waals surface area contributed by atoms with Crippen LogP contribution in [0.1, 0.15) is 40.0 Å². The predicted octanol–water partition coefficient (Wildman–Crippen LogP) is 1.99. The van der Waals surface area contributed by atoms with Gasteiger partial charge in [-0.1, -0.05) is 13.8 Å². The van der Waals surface area contributed by atoms with Gasteiger partial charge in [0, 0.05) is 31.7 Å². The van der Waals surface area contributed by atoms with E-state index in [1.807, 2.05) is 0 Å². The van der Waals surface area contributed by atoms with Gasteiger partial charge in [-0.05, 0) is 50.5 Å². The van der Waals surface area contributed by atoms with E-state index in [1.165, 1.54) is 19.3 Å². The van der Waals surface area contributed by atoms with Gasteiger partial charge in [0.2, 0.25) is 5.91 Å². The summed E-state index contributed by atoms with van der Waals surface area (Å²) in [4.78, 5) is 17.2. The molecule has 1 amide bonds. The third-order valence-corrected chi connectivity index (χ3v) is 6.97. The zero-order valence-corrected chi connectivity index (χ0v) is 15.3. The topological polar surface area (TPSA) is 35.6 Å². The number of carbonyl (C=O) groups excluding carboxylic acids is 1. The van der Waals surface area contributed by atoms with Crippen molar-refractivity contribution in [3.8, 4) is 0 Å². The summed E-state index contributed by atoms with van der Waals surface area (Å²) >= 11 is 0. The van der Waals surface area contributed by atoms with Crippen molar-refractivity contribution in [3.63, 3.8) is 0 Å². The number of nitrogens with zero attached hydrogens (tertiary/aromatic N) is 2. The van der Waals surface area contributed by atoms with Gasteiger partial charge in [-0.15, -0.1) is 12.4 Å². The summed E-state index contributed by atoms with van der Waals surface area (Å²) in [6, 6.07) is 0. The molecule has 0 radical (unpaired) electrons. The van der Waals surface area contributed by atoms with Gasteiger partial charge in [0.25, 0.3) is 0 Å². The van der Waals surface area contributed by atoms with Crippen LogP contribution in [0.15, 0.2) is 0 Å². The molecule has 3 rings (SSSR count). The molecule has 4 nitrogen and oxygen atoms in total. The maximum Gasteiger partial charge on any atom is 0.234 e. The third-order valence-electron chi connectivity index (χ3n) is 6.97. The van der Waals surface area contributed by atoms with Gasteiger partial charge >= 0.3 is 0 Å². The molecule has 2 saturated carbocycles. The van der Waals surface area contributed by atoms with Crippen LogP contribution in [0.3, 0.4) is 0 Å². The lowest BCUT2D eigenvalue weighted by molar-refractivity contribution is -0.127. The molecule has 2 bridgehead atoms. The van der Waals surface area contributed by atoms with Crippen LogP contribution < -0.4 is 5.32 Å². The molecular formula is C17H32ClN3O. The molecule has 0 spiro atoms. The van der Waals surface area contributed by atoms with Gasteiger partial charge in [-0.25, -0.2) is 0 Å². The summed E-state index contributed by atoms with van der Waals surface area (Å²) in [6.07, 6.45) is 3.94. The van der Waals surface area contributed by atoms with E-state index >= 15 is 0 Å². The van der Waals surface area contributed by atoms with Crippen LogP contribution in [0.4, 0.5) is 0 Å². The maximum absolute atomic E-state index is 12.6. The molecule has 3 aliphatic rings. The molecule has 5 heteroatoms. The van der Waals surface area contributed by atoms with Crippen molar-refractivity contribution in [3.05, 3.63) is 0 Å². The highest BCUT2D eigenvalue weighted by atomic mass is 35.5. The van der Waals surface area contributed by atoms with Crippen molar-refractivity contribution in [2.24, 2.45) is 17.3 Å². The Balaban J connectivity index is 0.00000176. The van der Waals surface area contributed by atoms with Gasteiger partial charge in [0.15, 0.2) is 0 Å². The summed E-state index contributed by atoms with van der Waals surface area (Å²) in [7, 11) is 2.15. The molecule has 1 N–H and O–H groups in total. The van der Waals surface area contributed by atoms with Gasteiger partial charge in [0.1, 0.15) is 0 Å². The highest BCUT2D eigenvalue weighted by Crippen LogP contribution is 2.61. The number of nitrogens with one attached hydrogen (secondary N) is 1. The SMILES string of the molecule is CN1CCN(CC(=O)NC2(C)C3CCC(C3)C2(C)C)CC1.Cl. The van der Waals surface area contributed by atoms with Crippen LogP contribution in [0, 0.1) is 17.3 Å². The van der Waals surface area contributed by atoms with E-state index in [4.69, 9.17) is 0 Å². The van der Waals surface area contributed by atoms with E-state index in [1.54, 1.807) is 0 Å². The van der Waals surface area contributed by atoms with E-state index in [-0.39, 0.29) is 29.3 Å². The molecule has 2 aliphatic carbocycles. The largest absolute Gasteiger partial charge is 0.349 e. The quantitative estimate of drug-likeness (QED) is 0.860. The average Bonchev–Trinajstić information content (AvgIpc) is 2.96. The number of hydrogen-bond acceptors (Lipinski definition) is 3. The molecule has 3 fully saturated rings. The highest BCUT2D eigenvalue weighted by molar-refractivity contribution is 5.85. The summed E-state index contributed by atoms with van der Waals surface area (Å²) in [6.45, 7) is 11.7. The molecule has 0 aromatic rings. The molecule has 128 valence electrons. The molecule has 1 saturated heterocycles. The molecule has 22 heavy (non-hydrogen) atoms. The van der Waals surface area contributed by atoms with Gasteiger partial charge in [-0.2, -0.15) is 0 Å². The first-order valence-corrected chi connectivity index (χ1v) is 8.55. The zero-order valence-electron chi connectivity index (χ0n) is 14.5. The van der Waals surface area contributed by atoms with Crippen LogP contribution >= 0.6 is 12.4 Å². The van der Waals surface area contributed by atoms with E-state index in [2.05, 4.69) is 42.9 Å². The van der Waals surface area contributed by atoms with E-state index in [0.717, 1.165) is 32.1 Å². The number of carbonyl (C=O) groups is 1. The molecule has 0 aromatic heterocycles. The summed E-state index contributed by atoms with van der Waals surface area (Å²) in [5.74, 6) is 1.69. The standard InChI is InChI=1S/C17H31N3O.ClH/c1-16(2)13-5-6-14(11-13)17(16,3)18-15(21)12-20-9-7-19(4)8-10-20;/h13-14H,5-12H2,1-4H3,(H,18,21);1H. The van der Waals surface area contributed by atoms with Gasteiger partial charge in [0.05, 0.1) is 6.54 Å². The molecule has 1 heterocycles. The number of amides is 1. The van der Waals surface area contributed by atoms with Gasteiger partial charge in [-0.3, -0.25) is 9.69 Å². The van der Waals surface area contributed by atoms with Crippen LogP contribution in [-0.2, 0) is 4.79 Å². The Labute approximate surface area is 141 Å². The first-order valence-electron chi connectivity index (χ1n) is 8.55. The Bertz CT molecular complexity index is 420. The monoisotopic (exact) mass is 329 g/mol. The minimum Gasteiger partial charge on any atom is -0.349 e. The zero-order chi connectivity index (χ0) is 15.3. The second-order valence-corrected chi connectivity index (χ2v) is 8.26. The van der Waals surface area contributed by atoms with Crippen molar-refractivity contribution >= 4 is 18.3 Å². The summed E-state index contributed by atoms with van der Waals surface area (Å²) in [5, 5.41) is 3.44. The second kappa shape index (κ2) is 6.29. The van der Waals surface area contributed by atoms with E-state index < -0.39 is 0 Å². The first-order chi connectivity index (χ1) is 9.83. The number of hydrogen-bond donors (Lipinski definition) is 1. The van der Waals surface area contributed by atoms with Crippen LogP contribution in [0.25, 0.3) is 0 Å². The number of piperazine rings is 1. The van der Waals surface area contributed by atoms with E-state index in [0.29, 0.717) is 12.5 Å². The Morgan fingerprint density at radius 1 is 1.09 bits per heavy atom. The smallest absolute Gasteiger partial charge is 0.234 e. The molecule has 0 aromatic carbocycles. The normalized spacial score (nSPS) is 37.8. The fourth-order valence-corrected chi connectivity index (χ4v) is 4.91. The van der Waals surface area contributed by atoms with Gasteiger partial charge < -0.3 is 10.2 Å². The minimum atomic E-state index is -0.0143. The lowest BCUT2D eigenvalue weighted by Gasteiger charge is -2.48. The van der Waals surface area contributed by atoms with Crippen LogP contribution in [0.5, 0.6) is 0 Å². The van der Waals surface area contributed by atoms with Crippen molar-refractivity contribution < 1.29 is 4.79 Å². The molecule has 3 atom stereocenters. The Hall–Kier alpha value is -0.320. The maximum atomic E-state index is 12.6. The van der Waals surface area contributed by atoms with Crippen LogP contribution in [-0.4, -0.2) is 61.0 Å². The van der Waals surface area contributed by atoms with E-state index in [9.17, 15) is 4.79 Å². The molecule has 1 aliphatic heterocycles. The second-order valence-electron chi connectivity index (χ2n) is 8.26. The predicted molar refractivity (Wildman–Crippen MR) is 92.3 cm³/mol. The Morgan fingerprint density at radius 3 is 2.23 bits per heavy atom. The van der Waals surface area contributed by atoms with Crippen molar-refractivity contribution in [2.75, 3.05) is 39.8 Å². The molecular weight excluding hydrogens is 298 g/mol. The van der Waals surface area contributed by atoms with Crippen LogP contribution in [0.2, 0.25) is 0 Å². The Morgan fingerprint density at radius 2 is 1.68 bits per heavy atom.